The van der Waals surface area contributed by atoms with Crippen molar-refractivity contribution in [3.63, 3.8) is 0 Å². The van der Waals surface area contributed by atoms with E-state index >= 15 is 0 Å². The van der Waals surface area contributed by atoms with Gasteiger partial charge in [0.2, 0.25) is 0 Å². The van der Waals surface area contributed by atoms with Crippen molar-refractivity contribution in [3.8, 4) is 34.5 Å². The number of imidazole rings is 2. The van der Waals surface area contributed by atoms with Gasteiger partial charge in [-0.05, 0) is 51.6 Å². The summed E-state index contributed by atoms with van der Waals surface area (Å²) >= 11 is 1.60. The molecule has 0 spiro atoms. The molecule has 0 atom stereocenters. The fourth-order valence-corrected chi connectivity index (χ4v) is 8.63. The van der Waals surface area contributed by atoms with E-state index in [1.165, 1.54) is 23.8 Å². The van der Waals surface area contributed by atoms with Crippen LogP contribution >= 0.6 is 11.8 Å². The SMILES string of the molecule is CCS(=O)(=O)c1cc2c(nc1-c1nc3cc(C(F)(F)F)ncc3n1C)CC(C)(C)O2.CCSc1cc2c(nc1-c1nc3cc(C(F)(F)F)ncc3n1C)CC(C)(C)O2. The second kappa shape index (κ2) is 14.1. The van der Waals surface area contributed by atoms with Crippen LogP contribution in [0.5, 0.6) is 11.5 Å². The van der Waals surface area contributed by atoms with Crippen molar-refractivity contribution in [1.29, 1.82) is 0 Å². The second-order valence-electron chi connectivity index (χ2n) is 15.1. The quantitative estimate of drug-likeness (QED) is 0.118. The highest BCUT2D eigenvalue weighted by molar-refractivity contribution is 7.99. The van der Waals surface area contributed by atoms with Crippen LogP contribution in [0.4, 0.5) is 26.3 Å². The van der Waals surface area contributed by atoms with E-state index in [9.17, 15) is 34.8 Å². The lowest BCUT2D eigenvalue weighted by molar-refractivity contribution is -0.141. The highest BCUT2D eigenvalue weighted by atomic mass is 32.2. The van der Waals surface area contributed by atoms with Gasteiger partial charge in [0.25, 0.3) is 0 Å². The Labute approximate surface area is 333 Å². The number of nitrogens with zero attached hydrogens (tertiary/aromatic N) is 8. The number of halogens is 6. The van der Waals surface area contributed by atoms with Gasteiger partial charge in [0.05, 0.1) is 51.6 Å². The lowest BCUT2D eigenvalue weighted by Crippen LogP contribution is -2.24. The van der Waals surface area contributed by atoms with E-state index in [-0.39, 0.29) is 38.8 Å². The van der Waals surface area contributed by atoms with E-state index in [0.29, 0.717) is 46.8 Å². The first-order valence-electron chi connectivity index (χ1n) is 18.0. The third-order valence-corrected chi connectivity index (χ3v) is 12.2. The Morgan fingerprint density at radius 3 is 1.60 bits per heavy atom. The number of aryl methyl sites for hydroxylation is 2. The minimum atomic E-state index is -4.61. The van der Waals surface area contributed by atoms with Gasteiger partial charge < -0.3 is 18.6 Å². The van der Waals surface area contributed by atoms with Crippen molar-refractivity contribution < 1.29 is 44.2 Å². The lowest BCUT2D eigenvalue weighted by Gasteiger charge is -2.16. The van der Waals surface area contributed by atoms with Crippen LogP contribution in [0, 0.1) is 0 Å². The van der Waals surface area contributed by atoms with Crippen LogP contribution in [0.2, 0.25) is 0 Å². The highest BCUT2D eigenvalue weighted by Gasteiger charge is 2.38. The van der Waals surface area contributed by atoms with Crippen LogP contribution in [-0.4, -0.2) is 70.2 Å². The molecule has 0 aliphatic carbocycles. The minimum Gasteiger partial charge on any atom is -0.485 e. The summed E-state index contributed by atoms with van der Waals surface area (Å²) in [7, 11) is -0.373. The largest absolute Gasteiger partial charge is 0.485 e. The Kier molecular flexibility index (Phi) is 10.0. The maximum Gasteiger partial charge on any atom is 0.433 e. The van der Waals surface area contributed by atoms with Gasteiger partial charge in [-0.25, -0.2) is 38.3 Å². The number of hydrogen-bond donors (Lipinski definition) is 0. The summed E-state index contributed by atoms with van der Waals surface area (Å²) in [6, 6.07) is 5.21. The molecular weight excluding hydrogens is 811 g/mol. The fourth-order valence-electron chi connectivity index (χ4n) is 6.83. The Balaban J connectivity index is 0.000000177. The molecule has 12 nitrogen and oxygen atoms in total. The molecule has 0 fully saturated rings. The molecule has 0 saturated carbocycles. The Bertz CT molecular complexity index is 2730. The number of pyridine rings is 4. The van der Waals surface area contributed by atoms with Crippen LogP contribution in [0.25, 0.3) is 45.1 Å². The predicted molar refractivity (Wildman–Crippen MR) is 204 cm³/mol. The van der Waals surface area contributed by atoms with Gasteiger partial charge in [-0.2, -0.15) is 26.3 Å². The summed E-state index contributed by atoms with van der Waals surface area (Å²) in [5.41, 5.74) is 0.392. The van der Waals surface area contributed by atoms with E-state index in [1.807, 2.05) is 40.7 Å². The van der Waals surface area contributed by atoms with Crippen molar-refractivity contribution in [2.45, 2.75) is 87.7 Å². The van der Waals surface area contributed by atoms with E-state index < -0.39 is 39.2 Å². The number of aromatic nitrogens is 8. The molecule has 2 aliphatic rings. The molecule has 308 valence electrons. The first-order valence-corrected chi connectivity index (χ1v) is 20.7. The number of rotatable bonds is 6. The van der Waals surface area contributed by atoms with Gasteiger partial charge in [-0.1, -0.05) is 13.8 Å². The third-order valence-electron chi connectivity index (χ3n) is 9.57. The van der Waals surface area contributed by atoms with Gasteiger partial charge >= 0.3 is 12.4 Å². The normalized spacial score (nSPS) is 15.8. The Morgan fingerprint density at radius 1 is 0.707 bits per heavy atom. The molecule has 8 rings (SSSR count). The Hall–Kier alpha value is -4.98. The number of alkyl halides is 6. The maximum absolute atomic E-state index is 13.0. The first-order chi connectivity index (χ1) is 26.9. The molecule has 0 radical (unpaired) electrons. The van der Waals surface area contributed by atoms with Crippen LogP contribution < -0.4 is 9.47 Å². The lowest BCUT2D eigenvalue weighted by atomic mass is 10.1. The van der Waals surface area contributed by atoms with E-state index in [1.54, 1.807) is 30.4 Å². The zero-order valence-electron chi connectivity index (χ0n) is 32.6. The van der Waals surface area contributed by atoms with Gasteiger partial charge in [0, 0.05) is 37.9 Å². The first kappa shape index (κ1) is 41.2. The Morgan fingerprint density at radius 2 is 1.16 bits per heavy atom. The molecule has 6 aromatic heterocycles. The number of thioether (sulfide) groups is 1. The van der Waals surface area contributed by atoms with Gasteiger partial charge in [-0.15, -0.1) is 11.8 Å². The van der Waals surface area contributed by atoms with Crippen molar-refractivity contribution in [2.75, 3.05) is 11.5 Å². The molecule has 2 aliphatic heterocycles. The summed E-state index contributed by atoms with van der Waals surface area (Å²) in [6.07, 6.45) is -5.72. The summed E-state index contributed by atoms with van der Waals surface area (Å²) in [5.74, 6) is 2.44. The van der Waals surface area contributed by atoms with Crippen LogP contribution in [0.1, 0.15) is 64.3 Å². The average Bonchev–Trinajstić information content (AvgIpc) is 3.83. The summed E-state index contributed by atoms with van der Waals surface area (Å²) in [6.45, 7) is 11.3. The molecule has 6 aromatic rings. The molecule has 0 aromatic carbocycles. The molecule has 0 saturated heterocycles. The highest BCUT2D eigenvalue weighted by Crippen LogP contribution is 2.42. The van der Waals surface area contributed by atoms with Crippen molar-refractivity contribution in [1.82, 2.24) is 39.0 Å². The van der Waals surface area contributed by atoms with Gasteiger partial charge in [0.1, 0.15) is 50.4 Å². The fraction of sp³-hybridized carbons (Fsp3) is 0.421. The smallest absolute Gasteiger partial charge is 0.433 e. The summed E-state index contributed by atoms with van der Waals surface area (Å²) < 4.78 is 119. The number of hydrogen-bond acceptors (Lipinski definition) is 11. The standard InChI is InChI=1S/C19H19F3N4O3S.C19H19F3N4OS/c1-5-30(27,28)14-7-13-11(8-18(2,3)29-13)24-16(14)17-25-10-6-15(19(20,21)22)23-9-12(10)26(17)4;1-5-28-14-7-13-11(8-18(2,3)27-13)24-16(14)17-25-10-6-15(19(20,21)22)23-9-12(10)26(17)4/h6-7,9H,5,8H2,1-4H3;6-7,9H,5,8H2,1-4H3. The predicted octanol–water partition coefficient (Wildman–Crippen LogP) is 8.43. The maximum atomic E-state index is 13.0. The number of sulfone groups is 1. The molecule has 0 N–H and O–H groups in total. The number of fused-ring (bicyclic) bond motifs is 4. The topological polar surface area (TPSA) is 140 Å². The third kappa shape index (κ3) is 7.67. The minimum absolute atomic E-state index is 0.0496. The zero-order chi connectivity index (χ0) is 42.3. The van der Waals surface area contributed by atoms with E-state index in [0.717, 1.165) is 40.4 Å². The zero-order valence-corrected chi connectivity index (χ0v) is 34.2. The molecule has 0 amide bonds. The van der Waals surface area contributed by atoms with E-state index in [2.05, 4.69) is 24.9 Å². The molecule has 0 bridgehead atoms. The van der Waals surface area contributed by atoms with Crippen LogP contribution in [0.15, 0.2) is 46.5 Å². The van der Waals surface area contributed by atoms with Crippen molar-refractivity contribution in [2.24, 2.45) is 14.1 Å². The molecule has 58 heavy (non-hydrogen) atoms. The monoisotopic (exact) mass is 848 g/mol. The van der Waals surface area contributed by atoms with E-state index in [4.69, 9.17) is 14.5 Å². The van der Waals surface area contributed by atoms with Gasteiger partial charge in [-0.3, -0.25) is 0 Å². The average molecular weight is 849 g/mol. The van der Waals surface area contributed by atoms with Crippen molar-refractivity contribution in [3.05, 3.63) is 59.4 Å². The summed E-state index contributed by atoms with van der Waals surface area (Å²) in [4.78, 5) is 25.9. The second-order valence-corrected chi connectivity index (χ2v) is 18.6. The molecule has 8 heterocycles. The molecular formula is C38H38F6N8O4S2. The molecule has 0 unspecified atom stereocenters. The van der Waals surface area contributed by atoms with Gasteiger partial charge in [0.15, 0.2) is 21.5 Å². The number of ether oxygens (including phenoxy) is 2. The van der Waals surface area contributed by atoms with Crippen LogP contribution in [-0.2, 0) is 49.1 Å². The van der Waals surface area contributed by atoms with Crippen LogP contribution in [0.3, 0.4) is 0 Å². The molecule has 20 heteroatoms. The van der Waals surface area contributed by atoms with Crippen molar-refractivity contribution >= 4 is 43.7 Å². The summed E-state index contributed by atoms with van der Waals surface area (Å²) in [5, 5.41) is 0.